The van der Waals surface area contributed by atoms with Crippen LogP contribution >= 0.6 is 0 Å². The van der Waals surface area contributed by atoms with E-state index in [0.29, 0.717) is 35.1 Å². The summed E-state index contributed by atoms with van der Waals surface area (Å²) in [7, 11) is 1.51. The van der Waals surface area contributed by atoms with Crippen molar-refractivity contribution in [1.82, 2.24) is 0 Å². The third-order valence-electron chi connectivity index (χ3n) is 5.03. The van der Waals surface area contributed by atoms with Gasteiger partial charge in [-0.2, -0.15) is 0 Å². The van der Waals surface area contributed by atoms with Gasteiger partial charge in [-0.1, -0.05) is 12.1 Å². The lowest BCUT2D eigenvalue weighted by Gasteiger charge is -2.23. The topological polar surface area (TPSA) is 89.2 Å². The van der Waals surface area contributed by atoms with E-state index in [1.165, 1.54) is 18.3 Å². The SMILES string of the molecule is CCOc1ccc(N2C(=O)C(=O)/C(=C(\O)c3cccc(OC)c3)C2c2ccco2)cc1. The number of rotatable bonds is 6. The predicted molar refractivity (Wildman–Crippen MR) is 114 cm³/mol. The van der Waals surface area contributed by atoms with Crippen molar-refractivity contribution in [2.24, 2.45) is 0 Å². The Morgan fingerprint density at radius 2 is 1.84 bits per heavy atom. The smallest absolute Gasteiger partial charge is 0.300 e. The molecule has 7 nitrogen and oxygen atoms in total. The van der Waals surface area contributed by atoms with Crippen LogP contribution in [-0.2, 0) is 9.59 Å². The van der Waals surface area contributed by atoms with Crippen LogP contribution in [0.2, 0.25) is 0 Å². The fourth-order valence-electron chi connectivity index (χ4n) is 3.61. The summed E-state index contributed by atoms with van der Waals surface area (Å²) in [5, 5.41) is 11.0. The van der Waals surface area contributed by atoms with Gasteiger partial charge in [-0.25, -0.2) is 0 Å². The van der Waals surface area contributed by atoms with E-state index in [-0.39, 0.29) is 11.3 Å². The zero-order valence-electron chi connectivity index (χ0n) is 17.1. The van der Waals surface area contributed by atoms with Gasteiger partial charge in [-0.15, -0.1) is 0 Å². The average Bonchev–Trinajstić information content (AvgIpc) is 3.41. The Morgan fingerprint density at radius 1 is 1.06 bits per heavy atom. The molecule has 1 atom stereocenters. The monoisotopic (exact) mass is 419 g/mol. The van der Waals surface area contributed by atoms with Crippen LogP contribution in [0, 0.1) is 0 Å². The maximum atomic E-state index is 13.0. The van der Waals surface area contributed by atoms with Crippen LogP contribution in [0.5, 0.6) is 11.5 Å². The zero-order chi connectivity index (χ0) is 22.0. The summed E-state index contributed by atoms with van der Waals surface area (Å²) in [6, 6.07) is 15.9. The van der Waals surface area contributed by atoms with Crippen LogP contribution in [-0.4, -0.2) is 30.5 Å². The van der Waals surface area contributed by atoms with Gasteiger partial charge in [-0.05, 0) is 55.5 Å². The Kier molecular flexibility index (Phi) is 5.49. The van der Waals surface area contributed by atoms with Crippen molar-refractivity contribution in [2.75, 3.05) is 18.6 Å². The number of hydrogen-bond acceptors (Lipinski definition) is 6. The number of aliphatic hydroxyl groups is 1. The summed E-state index contributed by atoms with van der Waals surface area (Å²) in [4.78, 5) is 27.4. The fourth-order valence-corrected chi connectivity index (χ4v) is 3.61. The quantitative estimate of drug-likeness (QED) is 0.364. The number of methoxy groups -OCH3 is 1. The minimum Gasteiger partial charge on any atom is -0.507 e. The lowest BCUT2D eigenvalue weighted by atomic mass is 9.99. The van der Waals surface area contributed by atoms with Gasteiger partial charge in [0.1, 0.15) is 29.1 Å². The molecule has 0 bridgehead atoms. The number of benzene rings is 2. The first kappa shape index (κ1) is 20.3. The Balaban J connectivity index is 1.85. The molecule has 1 aliphatic heterocycles. The van der Waals surface area contributed by atoms with E-state index in [1.807, 2.05) is 6.92 Å². The molecule has 0 spiro atoms. The molecule has 1 saturated heterocycles. The molecule has 2 aromatic carbocycles. The number of amides is 1. The molecule has 31 heavy (non-hydrogen) atoms. The molecule has 0 aliphatic carbocycles. The molecular weight excluding hydrogens is 398 g/mol. The first-order valence-corrected chi connectivity index (χ1v) is 9.76. The maximum Gasteiger partial charge on any atom is 0.300 e. The van der Waals surface area contributed by atoms with Crippen molar-refractivity contribution >= 4 is 23.1 Å². The van der Waals surface area contributed by atoms with Crippen LogP contribution < -0.4 is 14.4 Å². The van der Waals surface area contributed by atoms with Crippen LogP contribution in [0.25, 0.3) is 5.76 Å². The Hall–Kier alpha value is -4.00. The Labute approximate surface area is 179 Å². The number of anilines is 1. The molecule has 4 rings (SSSR count). The summed E-state index contributed by atoms with van der Waals surface area (Å²) < 4.78 is 16.2. The van der Waals surface area contributed by atoms with Crippen LogP contribution in [0.4, 0.5) is 5.69 Å². The van der Waals surface area contributed by atoms with E-state index in [1.54, 1.807) is 60.7 Å². The predicted octanol–water partition coefficient (Wildman–Crippen LogP) is 4.31. The van der Waals surface area contributed by atoms with E-state index in [9.17, 15) is 14.7 Å². The summed E-state index contributed by atoms with van der Waals surface area (Å²) in [6.07, 6.45) is 1.46. The second-order valence-corrected chi connectivity index (χ2v) is 6.84. The van der Waals surface area contributed by atoms with Crippen LogP contribution in [0.15, 0.2) is 76.9 Å². The number of Topliss-reactive ketones (excluding diaryl/α,β-unsaturated/α-hetero) is 1. The number of ether oxygens (including phenoxy) is 2. The van der Waals surface area contributed by atoms with Gasteiger partial charge in [0.05, 0.1) is 25.6 Å². The van der Waals surface area contributed by atoms with E-state index in [4.69, 9.17) is 13.9 Å². The average molecular weight is 419 g/mol. The number of carbonyl (C=O) groups excluding carboxylic acids is 2. The first-order valence-electron chi connectivity index (χ1n) is 9.76. The number of hydrogen-bond donors (Lipinski definition) is 1. The molecule has 0 saturated carbocycles. The summed E-state index contributed by atoms with van der Waals surface area (Å²) in [6.45, 7) is 2.39. The molecule has 1 amide bonds. The first-order chi connectivity index (χ1) is 15.0. The van der Waals surface area contributed by atoms with Crippen molar-refractivity contribution in [3.8, 4) is 11.5 Å². The number of carbonyl (C=O) groups is 2. The lowest BCUT2D eigenvalue weighted by Crippen LogP contribution is -2.29. The minimum atomic E-state index is -0.917. The largest absolute Gasteiger partial charge is 0.507 e. The molecular formula is C24H21NO6. The molecule has 1 unspecified atom stereocenters. The molecule has 0 radical (unpaired) electrons. The normalized spacial score (nSPS) is 17.7. The second kappa shape index (κ2) is 8.39. The van der Waals surface area contributed by atoms with Crippen molar-refractivity contribution < 1.29 is 28.6 Å². The van der Waals surface area contributed by atoms with Gasteiger partial charge in [0.15, 0.2) is 0 Å². The van der Waals surface area contributed by atoms with Gasteiger partial charge in [0, 0.05) is 11.3 Å². The molecule has 2 heterocycles. The highest BCUT2D eigenvalue weighted by atomic mass is 16.5. The standard InChI is InChI=1S/C24H21NO6/c1-3-30-17-11-9-16(10-12-17)25-21(19-8-5-13-31-19)20(23(27)24(25)28)22(26)15-6-4-7-18(14-15)29-2/h4-14,21,26H,3H2,1-2H3/b22-20-. The maximum absolute atomic E-state index is 13.0. The number of furan rings is 1. The van der Waals surface area contributed by atoms with Gasteiger partial charge >= 0.3 is 0 Å². The number of aliphatic hydroxyl groups excluding tert-OH is 1. The zero-order valence-corrected chi connectivity index (χ0v) is 17.1. The third kappa shape index (κ3) is 3.66. The van der Waals surface area contributed by atoms with Crippen LogP contribution in [0.3, 0.4) is 0 Å². The highest BCUT2D eigenvalue weighted by molar-refractivity contribution is 6.51. The summed E-state index contributed by atoms with van der Waals surface area (Å²) in [5.41, 5.74) is 0.791. The Bertz CT molecular complexity index is 1130. The summed E-state index contributed by atoms with van der Waals surface area (Å²) in [5.74, 6) is -0.330. The molecule has 1 N–H and O–H groups in total. The second-order valence-electron chi connectivity index (χ2n) is 6.84. The number of nitrogens with zero attached hydrogens (tertiary/aromatic N) is 1. The van der Waals surface area contributed by atoms with Crippen molar-refractivity contribution in [3.63, 3.8) is 0 Å². The van der Waals surface area contributed by atoms with Crippen molar-refractivity contribution in [1.29, 1.82) is 0 Å². The highest BCUT2D eigenvalue weighted by Gasteiger charge is 2.48. The molecule has 158 valence electrons. The molecule has 1 aliphatic rings. The van der Waals surface area contributed by atoms with E-state index in [2.05, 4.69) is 0 Å². The van der Waals surface area contributed by atoms with Crippen LogP contribution in [0.1, 0.15) is 24.3 Å². The lowest BCUT2D eigenvalue weighted by molar-refractivity contribution is -0.132. The highest BCUT2D eigenvalue weighted by Crippen LogP contribution is 2.42. The minimum absolute atomic E-state index is 0.0536. The number of ketones is 1. The van der Waals surface area contributed by atoms with Gasteiger partial charge in [-0.3, -0.25) is 14.5 Å². The molecule has 1 aromatic heterocycles. The third-order valence-corrected chi connectivity index (χ3v) is 5.03. The van der Waals surface area contributed by atoms with E-state index >= 15 is 0 Å². The van der Waals surface area contributed by atoms with E-state index in [0.717, 1.165) is 0 Å². The summed E-state index contributed by atoms with van der Waals surface area (Å²) >= 11 is 0. The van der Waals surface area contributed by atoms with Crippen molar-refractivity contribution in [3.05, 3.63) is 83.8 Å². The van der Waals surface area contributed by atoms with Crippen molar-refractivity contribution in [2.45, 2.75) is 13.0 Å². The molecule has 3 aromatic rings. The van der Waals surface area contributed by atoms with Gasteiger partial charge in [0.25, 0.3) is 11.7 Å². The van der Waals surface area contributed by atoms with Gasteiger partial charge in [0.2, 0.25) is 0 Å². The molecule has 7 heteroatoms. The Morgan fingerprint density at radius 3 is 2.48 bits per heavy atom. The molecule has 1 fully saturated rings. The fraction of sp³-hybridized carbons (Fsp3) is 0.167. The van der Waals surface area contributed by atoms with E-state index < -0.39 is 17.7 Å². The van der Waals surface area contributed by atoms with Gasteiger partial charge < -0.3 is 19.0 Å².